The van der Waals surface area contributed by atoms with E-state index >= 15 is 0 Å². The van der Waals surface area contributed by atoms with Crippen molar-refractivity contribution in [3.05, 3.63) is 64.7 Å². The molecule has 3 aromatic rings. The van der Waals surface area contributed by atoms with Gasteiger partial charge < -0.3 is 64.9 Å². The summed E-state index contributed by atoms with van der Waals surface area (Å²) in [7, 11) is 0. The number of phenolic OH excluding ortho intramolecular Hbond substituents is 4. The summed E-state index contributed by atoms with van der Waals surface area (Å²) in [5, 5.41) is 91.8. The second kappa shape index (κ2) is 11.3. The Morgan fingerprint density at radius 1 is 0.795 bits per heavy atom. The normalized spacial score (nSPS) is 29.6. The number of ether oxygens (including phenoxy) is 4. The van der Waals surface area contributed by atoms with Crippen LogP contribution in [0.1, 0.15) is 40.7 Å². The maximum absolute atomic E-state index is 12.9. The lowest BCUT2D eigenvalue weighted by molar-refractivity contribution is -0.277. The van der Waals surface area contributed by atoms with E-state index in [-0.39, 0.29) is 47.0 Å². The summed E-state index contributed by atoms with van der Waals surface area (Å²) in [5.41, 5.74) is 1.23. The van der Waals surface area contributed by atoms with E-state index in [1.54, 1.807) is 0 Å². The topological polar surface area (TPSA) is 236 Å². The maximum atomic E-state index is 12.9. The molecule has 0 amide bonds. The van der Waals surface area contributed by atoms with Gasteiger partial charge >= 0.3 is 5.97 Å². The van der Waals surface area contributed by atoms with Crippen molar-refractivity contribution in [3.8, 4) is 40.2 Å². The number of hydrogen-bond donors (Lipinski definition) is 9. The molecule has 0 saturated carbocycles. The molecule has 0 spiro atoms. The Kier molecular flexibility index (Phi) is 7.65. The first-order valence-corrected chi connectivity index (χ1v) is 13.7. The zero-order chi connectivity index (χ0) is 31.4. The van der Waals surface area contributed by atoms with Gasteiger partial charge in [-0.15, -0.1) is 0 Å². The van der Waals surface area contributed by atoms with Crippen molar-refractivity contribution in [2.45, 2.75) is 61.7 Å². The standard InChI is InChI=1S/C30H30O14/c31-10-22-25(38)26(39)27(40)30(43-22)42-21-9-20-14(7-19(36)28(41-20)12-2-4-16(33)18(35)6-12)29-24(21)13(8-23(37)44-29)11-1-3-15(32)17(34)5-11/h1-6,9,13,19,22,25-28,30-36,38-40H,7-8,10H2/t13-,19+,22+,25+,26-,27+,28+,30+/m0/s1. The summed E-state index contributed by atoms with van der Waals surface area (Å²) in [6, 6.07) is 9.30. The van der Waals surface area contributed by atoms with Crippen LogP contribution in [0, 0.1) is 0 Å². The number of hydrogen-bond acceptors (Lipinski definition) is 14. The average molecular weight is 615 g/mol. The predicted molar refractivity (Wildman–Crippen MR) is 146 cm³/mol. The maximum Gasteiger partial charge on any atom is 0.312 e. The summed E-state index contributed by atoms with van der Waals surface area (Å²) < 4.78 is 23.4. The fraction of sp³-hybridized carbons (Fsp3) is 0.367. The van der Waals surface area contributed by atoms with Crippen LogP contribution in [0.15, 0.2) is 42.5 Å². The third-order valence-corrected chi connectivity index (χ3v) is 8.12. The number of carbonyl (C=O) groups excluding carboxylic acids is 1. The number of rotatable bonds is 5. The van der Waals surface area contributed by atoms with Gasteiger partial charge in [0.15, 0.2) is 23.0 Å². The van der Waals surface area contributed by atoms with Crippen LogP contribution < -0.4 is 14.2 Å². The van der Waals surface area contributed by atoms with Crippen molar-refractivity contribution in [1.29, 1.82) is 0 Å². The van der Waals surface area contributed by atoms with Crippen molar-refractivity contribution < 1.29 is 69.7 Å². The van der Waals surface area contributed by atoms with Crippen molar-refractivity contribution in [2.75, 3.05) is 6.61 Å². The van der Waals surface area contributed by atoms with Crippen molar-refractivity contribution >= 4 is 5.97 Å². The molecule has 3 aromatic carbocycles. The molecule has 0 unspecified atom stereocenters. The van der Waals surface area contributed by atoms with E-state index in [9.17, 15) is 50.8 Å². The smallest absolute Gasteiger partial charge is 0.312 e. The first-order valence-electron chi connectivity index (χ1n) is 13.7. The summed E-state index contributed by atoms with van der Waals surface area (Å²) in [4.78, 5) is 12.9. The van der Waals surface area contributed by atoms with Gasteiger partial charge in [0, 0.05) is 29.5 Å². The predicted octanol–water partition coefficient (Wildman–Crippen LogP) is 0.166. The molecule has 3 aliphatic heterocycles. The molecule has 0 bridgehead atoms. The van der Waals surface area contributed by atoms with E-state index in [1.165, 1.54) is 42.5 Å². The number of esters is 1. The van der Waals surface area contributed by atoms with Crippen LogP contribution in [-0.4, -0.2) is 95.3 Å². The SMILES string of the molecule is O=C1C[C@@H](c2ccc(O)c(O)c2)c2c(O[C@@H]3O[C@H](CO)[C@@H](O)[C@H](O)[C@H]3O)cc3c(c2O1)C[C@@H](O)[C@@H](c1ccc(O)c(O)c1)O3. The molecular weight excluding hydrogens is 584 g/mol. The van der Waals surface area contributed by atoms with Gasteiger partial charge in [-0.25, -0.2) is 0 Å². The number of aliphatic hydroxyl groups is 5. The molecule has 0 aliphatic carbocycles. The van der Waals surface area contributed by atoms with Gasteiger partial charge in [0.25, 0.3) is 0 Å². The Morgan fingerprint density at radius 2 is 1.45 bits per heavy atom. The Hall–Kier alpha value is -4.31. The largest absolute Gasteiger partial charge is 0.504 e. The van der Waals surface area contributed by atoms with Crippen LogP contribution in [0.3, 0.4) is 0 Å². The van der Waals surface area contributed by atoms with Gasteiger partial charge in [0.05, 0.1) is 19.1 Å². The average Bonchev–Trinajstić information content (AvgIpc) is 2.99. The molecule has 14 nitrogen and oxygen atoms in total. The van der Waals surface area contributed by atoms with Crippen molar-refractivity contribution in [1.82, 2.24) is 0 Å². The Morgan fingerprint density at radius 3 is 2.11 bits per heavy atom. The first kappa shape index (κ1) is 29.7. The van der Waals surface area contributed by atoms with Gasteiger partial charge in [-0.1, -0.05) is 12.1 Å². The van der Waals surface area contributed by atoms with Gasteiger partial charge in [0.1, 0.15) is 47.8 Å². The molecule has 1 saturated heterocycles. The van der Waals surface area contributed by atoms with Gasteiger partial charge in [-0.05, 0) is 35.4 Å². The second-order valence-electron chi connectivity index (χ2n) is 10.9. The highest BCUT2D eigenvalue weighted by molar-refractivity contribution is 5.81. The number of benzene rings is 3. The van der Waals surface area contributed by atoms with Crippen molar-refractivity contribution in [3.63, 3.8) is 0 Å². The van der Waals surface area contributed by atoms with E-state index in [2.05, 4.69) is 0 Å². The van der Waals surface area contributed by atoms with Crippen LogP contribution >= 0.6 is 0 Å². The summed E-state index contributed by atoms with van der Waals surface area (Å²) in [6.07, 6.45) is -10.7. The molecule has 234 valence electrons. The highest BCUT2D eigenvalue weighted by Gasteiger charge is 2.46. The van der Waals surface area contributed by atoms with E-state index in [1.807, 2.05) is 0 Å². The fourth-order valence-electron chi connectivity index (χ4n) is 5.81. The molecule has 0 aromatic heterocycles. The summed E-state index contributed by atoms with van der Waals surface area (Å²) in [5.74, 6) is -3.15. The highest BCUT2D eigenvalue weighted by Crippen LogP contribution is 2.53. The Balaban J connectivity index is 1.49. The lowest BCUT2D eigenvalue weighted by atomic mass is 9.82. The Labute approximate surface area is 249 Å². The Bertz CT molecular complexity index is 1590. The minimum Gasteiger partial charge on any atom is -0.504 e. The molecule has 3 aliphatic rings. The quantitative estimate of drug-likeness (QED) is 0.106. The van der Waals surface area contributed by atoms with Gasteiger partial charge in [0.2, 0.25) is 6.29 Å². The van der Waals surface area contributed by atoms with Crippen LogP contribution in [-0.2, 0) is 16.0 Å². The number of aromatic hydroxyl groups is 4. The number of aliphatic hydroxyl groups excluding tert-OH is 5. The van der Waals surface area contributed by atoms with E-state index in [0.29, 0.717) is 11.1 Å². The zero-order valence-electron chi connectivity index (χ0n) is 22.8. The number of fused-ring (bicyclic) bond motifs is 3. The highest BCUT2D eigenvalue weighted by atomic mass is 16.7. The summed E-state index contributed by atoms with van der Waals surface area (Å²) in [6.45, 7) is -0.706. The minimum atomic E-state index is -1.78. The van der Waals surface area contributed by atoms with Gasteiger partial charge in [-0.2, -0.15) is 0 Å². The monoisotopic (exact) mass is 614 g/mol. The fourth-order valence-corrected chi connectivity index (χ4v) is 5.81. The molecule has 14 heteroatoms. The minimum absolute atomic E-state index is 0.0260. The molecule has 8 atom stereocenters. The lowest BCUT2D eigenvalue weighted by Gasteiger charge is -2.41. The molecule has 9 N–H and O–H groups in total. The summed E-state index contributed by atoms with van der Waals surface area (Å²) >= 11 is 0. The molecule has 0 radical (unpaired) electrons. The number of phenols is 4. The van der Waals surface area contributed by atoms with Crippen LogP contribution in [0.2, 0.25) is 0 Å². The number of carbonyl (C=O) groups is 1. The van der Waals surface area contributed by atoms with E-state index in [0.717, 1.165) is 0 Å². The molecule has 6 rings (SSSR count). The van der Waals surface area contributed by atoms with Crippen LogP contribution in [0.4, 0.5) is 0 Å². The third kappa shape index (κ3) is 5.11. The third-order valence-electron chi connectivity index (χ3n) is 8.12. The van der Waals surface area contributed by atoms with Crippen LogP contribution in [0.25, 0.3) is 0 Å². The lowest BCUT2D eigenvalue weighted by Crippen LogP contribution is -2.60. The second-order valence-corrected chi connectivity index (χ2v) is 10.9. The molecule has 44 heavy (non-hydrogen) atoms. The van der Waals surface area contributed by atoms with E-state index in [4.69, 9.17) is 18.9 Å². The zero-order valence-corrected chi connectivity index (χ0v) is 22.8. The van der Waals surface area contributed by atoms with E-state index < -0.39 is 78.7 Å². The molecule has 3 heterocycles. The van der Waals surface area contributed by atoms with Crippen molar-refractivity contribution in [2.24, 2.45) is 0 Å². The molecule has 1 fully saturated rings. The first-order chi connectivity index (χ1) is 21.0. The molecular formula is C30H30O14. The van der Waals surface area contributed by atoms with Gasteiger partial charge in [-0.3, -0.25) is 4.79 Å². The van der Waals surface area contributed by atoms with Crippen LogP contribution in [0.5, 0.6) is 40.2 Å².